The lowest BCUT2D eigenvalue weighted by molar-refractivity contribution is -0.136. The summed E-state index contributed by atoms with van der Waals surface area (Å²) in [5.41, 5.74) is 3.15. The number of alkyl halides is 2. The molecule has 0 bridgehead atoms. The maximum Gasteiger partial charge on any atom is 0.267 e. The summed E-state index contributed by atoms with van der Waals surface area (Å²) >= 11 is 1.56. The van der Waals surface area contributed by atoms with E-state index in [-0.39, 0.29) is 24.8 Å². The summed E-state index contributed by atoms with van der Waals surface area (Å²) in [7, 11) is 3.97. The number of nitrogens with zero attached hydrogens (tertiary/aromatic N) is 6. The normalized spacial score (nSPS) is 19.3. The quantitative estimate of drug-likeness (QED) is 0.457. The van der Waals surface area contributed by atoms with Crippen LogP contribution in [0.1, 0.15) is 23.3 Å². The third-order valence-electron chi connectivity index (χ3n) is 6.88. The van der Waals surface area contributed by atoms with Gasteiger partial charge < -0.3 is 15.1 Å². The second-order valence-corrected chi connectivity index (χ2v) is 10.6. The molecule has 35 heavy (non-hydrogen) atoms. The Kier molecular flexibility index (Phi) is 5.13. The van der Waals surface area contributed by atoms with Gasteiger partial charge >= 0.3 is 0 Å². The van der Waals surface area contributed by atoms with E-state index in [9.17, 15) is 13.6 Å². The van der Waals surface area contributed by atoms with Crippen LogP contribution >= 0.6 is 11.3 Å². The number of aromatic nitrogens is 4. The Morgan fingerprint density at radius 3 is 2.91 bits per heavy atom. The second kappa shape index (κ2) is 8.11. The van der Waals surface area contributed by atoms with Gasteiger partial charge in [-0.1, -0.05) is 0 Å². The van der Waals surface area contributed by atoms with E-state index in [4.69, 9.17) is 0 Å². The first-order chi connectivity index (χ1) is 16.8. The highest BCUT2D eigenvalue weighted by molar-refractivity contribution is 7.19. The summed E-state index contributed by atoms with van der Waals surface area (Å²) in [6, 6.07) is 6.02. The molecular weight excluding hydrogens is 472 g/mol. The van der Waals surface area contributed by atoms with Crippen molar-refractivity contribution >= 4 is 50.3 Å². The van der Waals surface area contributed by atoms with Crippen LogP contribution in [0.15, 0.2) is 30.7 Å². The average Bonchev–Trinajstić information content (AvgIpc) is 3.51. The minimum Gasteiger partial charge on any atom is -0.376 e. The third-order valence-corrected chi connectivity index (χ3v) is 8.05. The Balaban J connectivity index is 1.27. The minimum absolute atomic E-state index is 0.135. The molecule has 4 aromatic heterocycles. The van der Waals surface area contributed by atoms with E-state index in [0.29, 0.717) is 30.9 Å². The monoisotopic (exact) mass is 497 g/mol. The zero-order valence-electron chi connectivity index (χ0n) is 19.5. The first kappa shape index (κ1) is 22.1. The van der Waals surface area contributed by atoms with E-state index in [1.165, 1.54) is 11.2 Å². The van der Waals surface area contributed by atoms with Crippen molar-refractivity contribution in [3.63, 3.8) is 0 Å². The maximum absolute atomic E-state index is 13.6. The summed E-state index contributed by atoms with van der Waals surface area (Å²) in [6.07, 6.45) is 5.13. The van der Waals surface area contributed by atoms with Gasteiger partial charge in [0.05, 0.1) is 29.3 Å². The number of fused-ring (bicyclic) bond motifs is 4. The summed E-state index contributed by atoms with van der Waals surface area (Å²) < 4.78 is 29.1. The van der Waals surface area contributed by atoms with Crippen LogP contribution in [-0.2, 0) is 17.6 Å². The molecule has 5 heterocycles. The Morgan fingerprint density at radius 2 is 2.14 bits per heavy atom. The lowest BCUT2D eigenvalue weighted by Crippen LogP contribution is -2.38. The van der Waals surface area contributed by atoms with Crippen LogP contribution in [-0.4, -0.2) is 63.5 Å². The Hall–Kier alpha value is -3.34. The molecule has 2 aliphatic rings. The number of hydrogen-bond donors (Lipinski definition) is 1. The summed E-state index contributed by atoms with van der Waals surface area (Å²) in [4.78, 5) is 27.2. The van der Waals surface area contributed by atoms with E-state index in [0.717, 1.165) is 31.9 Å². The van der Waals surface area contributed by atoms with Gasteiger partial charge in [-0.3, -0.25) is 4.79 Å². The summed E-state index contributed by atoms with van der Waals surface area (Å²) in [6.45, 7) is -0.327. The average molecular weight is 498 g/mol. The molecule has 0 spiro atoms. The molecule has 1 amide bonds. The third kappa shape index (κ3) is 3.97. The van der Waals surface area contributed by atoms with Crippen molar-refractivity contribution in [1.82, 2.24) is 24.5 Å². The van der Waals surface area contributed by atoms with E-state index in [1.807, 2.05) is 47.9 Å². The van der Waals surface area contributed by atoms with Crippen molar-refractivity contribution in [3.8, 4) is 0 Å². The number of anilines is 3. The highest BCUT2D eigenvalue weighted by atomic mass is 32.1. The number of thiophene rings is 1. The van der Waals surface area contributed by atoms with Gasteiger partial charge in [0.2, 0.25) is 5.91 Å². The molecule has 0 unspecified atom stereocenters. The lowest BCUT2D eigenvalue weighted by Gasteiger charge is -2.26. The van der Waals surface area contributed by atoms with Gasteiger partial charge in [-0.05, 0) is 37.0 Å². The number of halogens is 2. The van der Waals surface area contributed by atoms with Crippen LogP contribution in [0.2, 0.25) is 0 Å². The minimum atomic E-state index is -2.77. The van der Waals surface area contributed by atoms with Gasteiger partial charge in [-0.2, -0.15) is 0 Å². The highest BCUT2D eigenvalue weighted by Crippen LogP contribution is 2.41. The van der Waals surface area contributed by atoms with Crippen molar-refractivity contribution in [2.45, 2.75) is 31.6 Å². The molecule has 1 saturated heterocycles. The highest BCUT2D eigenvalue weighted by Gasteiger charge is 2.42. The van der Waals surface area contributed by atoms with Crippen molar-refractivity contribution in [2.24, 2.45) is 5.92 Å². The number of nitrogens with one attached hydrogen (secondary N) is 1. The van der Waals surface area contributed by atoms with Gasteiger partial charge in [-0.25, -0.2) is 23.3 Å². The number of carbonyl (C=O) groups is 1. The number of carbonyl (C=O) groups excluding carboxylic acids is 1. The number of hydrogen-bond acceptors (Lipinski definition) is 7. The second-order valence-electron chi connectivity index (χ2n) is 9.52. The Labute approximate surface area is 204 Å². The fourth-order valence-corrected chi connectivity index (χ4v) is 6.29. The van der Waals surface area contributed by atoms with Crippen LogP contribution in [0.25, 0.3) is 15.7 Å². The van der Waals surface area contributed by atoms with Crippen molar-refractivity contribution in [1.29, 1.82) is 0 Å². The van der Waals surface area contributed by atoms with Crippen molar-refractivity contribution < 1.29 is 13.6 Å². The zero-order valence-corrected chi connectivity index (χ0v) is 20.3. The molecule has 1 atom stereocenters. The lowest BCUT2D eigenvalue weighted by atomic mass is 9.87. The molecule has 6 rings (SSSR count). The predicted molar refractivity (Wildman–Crippen MR) is 132 cm³/mol. The van der Waals surface area contributed by atoms with E-state index >= 15 is 0 Å². The van der Waals surface area contributed by atoms with E-state index in [2.05, 4.69) is 20.4 Å². The van der Waals surface area contributed by atoms with Crippen LogP contribution in [0.4, 0.5) is 26.1 Å². The molecule has 1 N–H and O–H groups in total. The molecule has 0 saturated carbocycles. The molecule has 4 aromatic rings. The van der Waals surface area contributed by atoms with Gasteiger partial charge in [0.1, 0.15) is 17.0 Å². The van der Waals surface area contributed by atoms with Gasteiger partial charge in [0, 0.05) is 43.9 Å². The maximum atomic E-state index is 13.6. The van der Waals surface area contributed by atoms with Crippen LogP contribution in [0, 0.1) is 5.92 Å². The molecule has 1 aliphatic carbocycles. The first-order valence-corrected chi connectivity index (χ1v) is 12.4. The van der Waals surface area contributed by atoms with Crippen molar-refractivity contribution in [3.05, 3.63) is 41.2 Å². The molecule has 11 heteroatoms. The SMILES string of the molecule is CN(C)c1ccc2cc(Nc3ncnc4sc5c(c34)CC[C@H](C(=O)N3CCC(F)(F)C3)C5)nn2c1. The van der Waals surface area contributed by atoms with E-state index < -0.39 is 12.5 Å². The smallest absolute Gasteiger partial charge is 0.267 e. The number of rotatable bonds is 4. The van der Waals surface area contributed by atoms with Crippen LogP contribution in [0.5, 0.6) is 0 Å². The molecule has 8 nitrogen and oxygen atoms in total. The molecule has 1 aliphatic heterocycles. The number of aryl methyl sites for hydroxylation is 1. The Morgan fingerprint density at radius 1 is 1.29 bits per heavy atom. The number of likely N-dealkylation sites (tertiary alicyclic amines) is 1. The van der Waals surface area contributed by atoms with Crippen LogP contribution in [0.3, 0.4) is 0 Å². The molecule has 0 aromatic carbocycles. The first-order valence-electron chi connectivity index (χ1n) is 11.6. The molecular formula is C24H25F2N7OS. The van der Waals surface area contributed by atoms with E-state index in [1.54, 1.807) is 11.3 Å². The fraction of sp³-hybridized carbons (Fsp3) is 0.417. The topological polar surface area (TPSA) is 78.7 Å². The number of amides is 1. The fourth-order valence-electron chi connectivity index (χ4n) is 5.02. The zero-order chi connectivity index (χ0) is 24.3. The predicted octanol–water partition coefficient (Wildman–Crippen LogP) is 4.12. The standard InChI is InChI=1S/C24H25F2N7OS/c1-31(2)16-5-4-15-10-19(30-33(15)11-16)29-21-20-17-6-3-14(9-18(17)35-22(20)28-13-27-21)23(34)32-8-7-24(25,26)12-32/h4-5,10-11,13-14H,3,6-9,12H2,1-2H3,(H,27,28,29,30)/t14-/m0/s1. The summed E-state index contributed by atoms with van der Waals surface area (Å²) in [5, 5.41) is 8.97. The molecule has 1 fully saturated rings. The van der Waals surface area contributed by atoms with Crippen molar-refractivity contribution in [2.75, 3.05) is 37.4 Å². The van der Waals surface area contributed by atoms with Gasteiger partial charge in [-0.15, -0.1) is 16.4 Å². The van der Waals surface area contributed by atoms with Gasteiger partial charge in [0.25, 0.3) is 5.92 Å². The summed E-state index contributed by atoms with van der Waals surface area (Å²) in [5.74, 6) is -1.82. The molecule has 182 valence electrons. The largest absolute Gasteiger partial charge is 0.376 e. The number of pyridine rings is 1. The van der Waals surface area contributed by atoms with Crippen LogP contribution < -0.4 is 10.2 Å². The Bertz CT molecular complexity index is 1450. The van der Waals surface area contributed by atoms with Gasteiger partial charge in [0.15, 0.2) is 5.82 Å². The molecule has 0 radical (unpaired) electrons.